The van der Waals surface area contributed by atoms with Crippen LogP contribution in [-0.4, -0.2) is 18.9 Å². The zero-order valence-corrected chi connectivity index (χ0v) is 6.06. The molecule has 0 N–H and O–H groups in total. The molecule has 0 aromatic heterocycles. The lowest BCUT2D eigenvalue weighted by Crippen LogP contribution is -2.01. The van der Waals surface area contributed by atoms with Gasteiger partial charge in [-0.25, -0.2) is 0 Å². The Morgan fingerprint density at radius 1 is 1.71 bits per heavy atom. The third-order valence-corrected chi connectivity index (χ3v) is 0.680. The molecular formula is C4H9BrO2. The maximum atomic E-state index is 4.89. The average molecular weight is 169 g/mol. The molecule has 0 saturated heterocycles. The summed E-state index contributed by atoms with van der Waals surface area (Å²) in [4.78, 5) is 0. The lowest BCUT2D eigenvalue weighted by Gasteiger charge is -2.01. The van der Waals surface area contributed by atoms with Crippen molar-refractivity contribution in [1.29, 1.82) is 0 Å². The number of hydrogen-bond donors (Lipinski definition) is 0. The third-order valence-electron chi connectivity index (χ3n) is 0.416. The van der Waals surface area contributed by atoms with Crippen molar-refractivity contribution in [1.82, 2.24) is 0 Å². The molecule has 0 saturated carbocycles. The topological polar surface area (TPSA) is 18.5 Å². The average Bonchev–Trinajstić information content (AvgIpc) is 1.61. The molecule has 7 heavy (non-hydrogen) atoms. The van der Waals surface area contributed by atoms with E-state index < -0.39 is 0 Å². The van der Waals surface area contributed by atoms with Gasteiger partial charge in [0, 0.05) is 7.11 Å². The maximum absolute atomic E-state index is 4.89. The first kappa shape index (κ1) is 7.40. The lowest BCUT2D eigenvalue weighted by molar-refractivity contribution is -0.0344. The summed E-state index contributed by atoms with van der Waals surface area (Å²) in [6, 6.07) is 0. The Labute approximate surface area is 51.9 Å². The number of alkyl halides is 1. The van der Waals surface area contributed by atoms with Crippen LogP contribution in [-0.2, 0) is 9.47 Å². The second kappa shape index (κ2) is 4.56. The fourth-order valence-electron chi connectivity index (χ4n) is 0.162. The highest BCUT2D eigenvalue weighted by molar-refractivity contribution is 9.09. The largest absolute Gasteiger partial charge is 0.359 e. The fourth-order valence-corrected chi connectivity index (χ4v) is 0.270. The SMILES string of the molecule is COCOC(C)Br. The molecule has 0 aromatic rings. The molecule has 0 aromatic carbocycles. The molecule has 0 radical (unpaired) electrons. The molecule has 0 rings (SSSR count). The van der Waals surface area contributed by atoms with Crippen LogP contribution in [0.5, 0.6) is 0 Å². The molecule has 1 atom stereocenters. The van der Waals surface area contributed by atoms with Crippen molar-refractivity contribution < 1.29 is 9.47 Å². The Morgan fingerprint density at radius 2 is 2.29 bits per heavy atom. The first-order chi connectivity index (χ1) is 3.27. The molecule has 2 nitrogen and oxygen atoms in total. The van der Waals surface area contributed by atoms with E-state index in [1.54, 1.807) is 7.11 Å². The lowest BCUT2D eigenvalue weighted by atomic mass is 10.9. The van der Waals surface area contributed by atoms with Gasteiger partial charge in [-0.2, -0.15) is 0 Å². The minimum Gasteiger partial charge on any atom is -0.359 e. The van der Waals surface area contributed by atoms with Crippen LogP contribution in [0.15, 0.2) is 0 Å². The van der Waals surface area contributed by atoms with Crippen LogP contribution in [0, 0.1) is 0 Å². The van der Waals surface area contributed by atoms with E-state index in [2.05, 4.69) is 20.7 Å². The van der Waals surface area contributed by atoms with Gasteiger partial charge in [-0.05, 0) is 6.92 Å². The molecule has 0 aliphatic carbocycles. The van der Waals surface area contributed by atoms with Crippen molar-refractivity contribution in [3.8, 4) is 0 Å². The normalized spacial score (nSPS) is 14.1. The molecule has 0 aliphatic heterocycles. The Morgan fingerprint density at radius 3 is 2.43 bits per heavy atom. The molecule has 44 valence electrons. The number of rotatable bonds is 3. The number of hydrogen-bond acceptors (Lipinski definition) is 2. The van der Waals surface area contributed by atoms with Crippen molar-refractivity contribution in [2.75, 3.05) is 13.9 Å². The van der Waals surface area contributed by atoms with Crippen LogP contribution in [0.25, 0.3) is 0 Å². The van der Waals surface area contributed by atoms with Gasteiger partial charge >= 0.3 is 0 Å². The highest BCUT2D eigenvalue weighted by Crippen LogP contribution is 1.97. The predicted molar refractivity (Wildman–Crippen MR) is 31.3 cm³/mol. The molecular weight excluding hydrogens is 160 g/mol. The van der Waals surface area contributed by atoms with E-state index >= 15 is 0 Å². The van der Waals surface area contributed by atoms with Gasteiger partial charge < -0.3 is 9.47 Å². The van der Waals surface area contributed by atoms with Crippen molar-refractivity contribution in [3.63, 3.8) is 0 Å². The van der Waals surface area contributed by atoms with E-state index in [-0.39, 0.29) is 5.01 Å². The van der Waals surface area contributed by atoms with E-state index in [1.165, 1.54) is 0 Å². The summed E-state index contributed by atoms with van der Waals surface area (Å²) in [6.07, 6.45) is 0. The van der Waals surface area contributed by atoms with Gasteiger partial charge in [0.2, 0.25) is 0 Å². The zero-order chi connectivity index (χ0) is 5.70. The standard InChI is InChI=1S/C4H9BrO2/c1-4(5)7-3-6-2/h4H,3H2,1-2H3. The molecule has 0 amide bonds. The molecule has 0 aliphatic rings. The quantitative estimate of drug-likeness (QED) is 0.468. The van der Waals surface area contributed by atoms with E-state index in [1.807, 2.05) is 6.92 Å². The van der Waals surface area contributed by atoms with Gasteiger partial charge in [0.1, 0.15) is 11.8 Å². The highest BCUT2D eigenvalue weighted by atomic mass is 79.9. The van der Waals surface area contributed by atoms with Crippen LogP contribution in [0.4, 0.5) is 0 Å². The predicted octanol–water partition coefficient (Wildman–Crippen LogP) is 1.35. The molecule has 3 heteroatoms. The van der Waals surface area contributed by atoms with Gasteiger partial charge in [-0.15, -0.1) is 0 Å². The van der Waals surface area contributed by atoms with E-state index in [9.17, 15) is 0 Å². The van der Waals surface area contributed by atoms with Crippen LogP contribution in [0.1, 0.15) is 6.92 Å². The number of methoxy groups -OCH3 is 1. The summed E-state index contributed by atoms with van der Waals surface area (Å²) < 4.78 is 9.49. The smallest absolute Gasteiger partial charge is 0.147 e. The fraction of sp³-hybridized carbons (Fsp3) is 1.00. The Kier molecular flexibility index (Phi) is 4.82. The van der Waals surface area contributed by atoms with Crippen LogP contribution in [0.2, 0.25) is 0 Å². The van der Waals surface area contributed by atoms with Gasteiger partial charge in [-0.1, -0.05) is 15.9 Å². The van der Waals surface area contributed by atoms with Crippen molar-refractivity contribution >= 4 is 15.9 Å². The summed E-state index contributed by atoms with van der Waals surface area (Å²) in [5.41, 5.74) is 0. The number of halogens is 1. The van der Waals surface area contributed by atoms with Gasteiger partial charge in [-0.3, -0.25) is 0 Å². The first-order valence-corrected chi connectivity index (χ1v) is 2.93. The second-order valence-corrected chi connectivity index (χ2v) is 2.41. The minimum atomic E-state index is 0.0902. The first-order valence-electron chi connectivity index (χ1n) is 2.02. The molecule has 0 fully saturated rings. The van der Waals surface area contributed by atoms with Gasteiger partial charge in [0.05, 0.1) is 0 Å². The summed E-state index contributed by atoms with van der Waals surface area (Å²) >= 11 is 3.17. The molecule has 0 heterocycles. The summed E-state index contributed by atoms with van der Waals surface area (Å²) in [7, 11) is 1.59. The molecule has 1 unspecified atom stereocenters. The van der Waals surface area contributed by atoms with E-state index in [4.69, 9.17) is 4.74 Å². The third kappa shape index (κ3) is 6.40. The maximum Gasteiger partial charge on any atom is 0.147 e. The molecule has 0 bridgehead atoms. The van der Waals surface area contributed by atoms with Gasteiger partial charge in [0.15, 0.2) is 0 Å². The second-order valence-electron chi connectivity index (χ2n) is 1.12. The van der Waals surface area contributed by atoms with Crippen LogP contribution < -0.4 is 0 Å². The zero-order valence-electron chi connectivity index (χ0n) is 4.48. The summed E-state index contributed by atoms with van der Waals surface area (Å²) in [5, 5.41) is 0.0902. The number of ether oxygens (including phenoxy) is 2. The highest BCUT2D eigenvalue weighted by Gasteiger charge is 1.89. The van der Waals surface area contributed by atoms with E-state index in [0.717, 1.165) is 0 Å². The van der Waals surface area contributed by atoms with Crippen LogP contribution in [0.3, 0.4) is 0 Å². The summed E-state index contributed by atoms with van der Waals surface area (Å²) in [6.45, 7) is 2.24. The Hall–Kier alpha value is 0.400. The van der Waals surface area contributed by atoms with E-state index in [0.29, 0.717) is 6.79 Å². The Bertz CT molecular complexity index is 38.7. The van der Waals surface area contributed by atoms with Crippen molar-refractivity contribution in [2.45, 2.75) is 11.9 Å². The van der Waals surface area contributed by atoms with Crippen molar-refractivity contribution in [2.24, 2.45) is 0 Å². The van der Waals surface area contributed by atoms with Crippen molar-refractivity contribution in [3.05, 3.63) is 0 Å². The van der Waals surface area contributed by atoms with Gasteiger partial charge in [0.25, 0.3) is 0 Å². The minimum absolute atomic E-state index is 0.0902. The summed E-state index contributed by atoms with van der Waals surface area (Å²) in [5.74, 6) is 0. The molecule has 0 spiro atoms. The Balaban J connectivity index is 2.68. The van der Waals surface area contributed by atoms with Crippen LogP contribution >= 0.6 is 15.9 Å². The monoisotopic (exact) mass is 168 g/mol.